The van der Waals surface area contributed by atoms with Crippen molar-refractivity contribution in [1.82, 2.24) is 10.2 Å². The highest BCUT2D eigenvalue weighted by molar-refractivity contribution is 6.30. The second-order valence-electron chi connectivity index (χ2n) is 7.25. The Kier molecular flexibility index (Phi) is 9.68. The summed E-state index contributed by atoms with van der Waals surface area (Å²) in [5.41, 5.74) is 1.78. The predicted octanol–water partition coefficient (Wildman–Crippen LogP) is 4.61. The van der Waals surface area contributed by atoms with E-state index >= 15 is 0 Å². The Balaban J connectivity index is 2.25. The van der Waals surface area contributed by atoms with Crippen LogP contribution >= 0.6 is 11.6 Å². The molecule has 1 unspecified atom stereocenters. The van der Waals surface area contributed by atoms with E-state index in [0.717, 1.165) is 29.7 Å². The Labute approximate surface area is 184 Å². The first-order valence-electron chi connectivity index (χ1n) is 10.4. The zero-order chi connectivity index (χ0) is 21.9. The number of nitrogens with zero attached hydrogens (tertiary/aromatic N) is 1. The molecule has 0 aliphatic rings. The fourth-order valence-electron chi connectivity index (χ4n) is 3.27. The van der Waals surface area contributed by atoms with E-state index in [9.17, 15) is 9.59 Å². The van der Waals surface area contributed by atoms with Crippen LogP contribution in [0.1, 0.15) is 44.2 Å². The molecule has 1 N–H and O–H groups in total. The van der Waals surface area contributed by atoms with Crippen molar-refractivity contribution in [3.05, 3.63) is 64.7 Å². The van der Waals surface area contributed by atoms with Crippen molar-refractivity contribution in [3.63, 3.8) is 0 Å². The summed E-state index contributed by atoms with van der Waals surface area (Å²) in [6.07, 6.45) is 2.66. The molecule has 2 rings (SSSR count). The Morgan fingerprint density at radius 2 is 1.83 bits per heavy atom. The van der Waals surface area contributed by atoms with Crippen molar-refractivity contribution >= 4 is 23.4 Å². The number of carbonyl (C=O) groups excluding carboxylic acids is 2. The third-order valence-corrected chi connectivity index (χ3v) is 5.22. The van der Waals surface area contributed by atoms with Gasteiger partial charge in [-0.25, -0.2) is 0 Å². The standard InChI is InChI=1S/C24H31ClN2O3/c1-4-6-14-26-24(29)22(5-2)27(17-19-8-7-9-21(15-19)30-3)23(28)16-18-10-12-20(25)13-11-18/h7-13,15,22H,4-6,14,16-17H2,1-3H3,(H,26,29). The lowest BCUT2D eigenvalue weighted by Crippen LogP contribution is -2.49. The first-order valence-corrected chi connectivity index (χ1v) is 10.8. The van der Waals surface area contributed by atoms with Crippen LogP contribution in [0.15, 0.2) is 48.5 Å². The van der Waals surface area contributed by atoms with Gasteiger partial charge < -0.3 is 15.0 Å². The molecule has 2 aromatic rings. The number of benzene rings is 2. The molecule has 2 amide bonds. The fraction of sp³-hybridized carbons (Fsp3) is 0.417. The SMILES string of the molecule is CCCCNC(=O)C(CC)N(Cc1cccc(OC)c1)C(=O)Cc1ccc(Cl)cc1. The van der Waals surface area contributed by atoms with Gasteiger partial charge in [0, 0.05) is 18.1 Å². The third-order valence-electron chi connectivity index (χ3n) is 4.97. The minimum atomic E-state index is -0.534. The zero-order valence-electron chi connectivity index (χ0n) is 18.0. The van der Waals surface area contributed by atoms with E-state index in [1.807, 2.05) is 43.3 Å². The quantitative estimate of drug-likeness (QED) is 0.529. The number of unbranched alkanes of at least 4 members (excludes halogenated alkanes) is 1. The van der Waals surface area contributed by atoms with E-state index in [1.54, 1.807) is 24.1 Å². The van der Waals surface area contributed by atoms with E-state index in [0.29, 0.717) is 24.5 Å². The van der Waals surface area contributed by atoms with Crippen molar-refractivity contribution in [3.8, 4) is 5.75 Å². The second kappa shape index (κ2) is 12.2. The number of amides is 2. The molecule has 6 heteroatoms. The van der Waals surface area contributed by atoms with Crippen LogP contribution in [0.4, 0.5) is 0 Å². The van der Waals surface area contributed by atoms with Crippen LogP contribution in [-0.4, -0.2) is 36.4 Å². The summed E-state index contributed by atoms with van der Waals surface area (Å²) in [4.78, 5) is 27.8. The van der Waals surface area contributed by atoms with Crippen LogP contribution in [0.2, 0.25) is 5.02 Å². The summed E-state index contributed by atoms with van der Waals surface area (Å²) < 4.78 is 5.31. The maximum atomic E-state index is 13.3. The molecule has 0 spiro atoms. The molecule has 2 aromatic carbocycles. The largest absolute Gasteiger partial charge is 0.497 e. The molecule has 0 saturated carbocycles. The Bertz CT molecular complexity index is 823. The molecule has 5 nitrogen and oxygen atoms in total. The molecule has 162 valence electrons. The van der Waals surface area contributed by atoms with Gasteiger partial charge in [-0.05, 0) is 48.2 Å². The lowest BCUT2D eigenvalue weighted by Gasteiger charge is -2.31. The first-order chi connectivity index (χ1) is 14.5. The van der Waals surface area contributed by atoms with Crippen LogP contribution in [-0.2, 0) is 22.6 Å². The lowest BCUT2D eigenvalue weighted by molar-refractivity contribution is -0.140. The van der Waals surface area contributed by atoms with Crippen LogP contribution in [0, 0.1) is 0 Å². The first kappa shape index (κ1) is 23.7. The van der Waals surface area contributed by atoms with Gasteiger partial charge in [-0.15, -0.1) is 0 Å². The van der Waals surface area contributed by atoms with Crippen LogP contribution in [0.25, 0.3) is 0 Å². The van der Waals surface area contributed by atoms with E-state index < -0.39 is 6.04 Å². The van der Waals surface area contributed by atoms with Gasteiger partial charge in [0.25, 0.3) is 0 Å². The molecular formula is C24H31ClN2O3. The highest BCUT2D eigenvalue weighted by atomic mass is 35.5. The molecule has 0 aliphatic carbocycles. The topological polar surface area (TPSA) is 58.6 Å². The van der Waals surface area contributed by atoms with Crippen molar-refractivity contribution in [1.29, 1.82) is 0 Å². The molecule has 0 aliphatic heterocycles. The number of halogens is 1. The van der Waals surface area contributed by atoms with Gasteiger partial charge in [-0.1, -0.05) is 56.1 Å². The molecule has 0 radical (unpaired) electrons. The summed E-state index contributed by atoms with van der Waals surface area (Å²) in [6.45, 7) is 4.96. The van der Waals surface area contributed by atoms with Crippen molar-refractivity contribution in [2.45, 2.75) is 52.1 Å². The number of ether oxygens (including phenoxy) is 1. The molecular weight excluding hydrogens is 400 g/mol. The van der Waals surface area contributed by atoms with Gasteiger partial charge in [-0.3, -0.25) is 9.59 Å². The maximum absolute atomic E-state index is 13.3. The minimum Gasteiger partial charge on any atom is -0.497 e. The molecule has 1 atom stereocenters. The van der Waals surface area contributed by atoms with Crippen molar-refractivity contribution in [2.24, 2.45) is 0 Å². The monoisotopic (exact) mass is 430 g/mol. The van der Waals surface area contributed by atoms with Gasteiger partial charge >= 0.3 is 0 Å². The molecule has 0 heterocycles. The van der Waals surface area contributed by atoms with E-state index in [4.69, 9.17) is 16.3 Å². The number of hydrogen-bond donors (Lipinski definition) is 1. The summed E-state index contributed by atoms with van der Waals surface area (Å²) in [7, 11) is 1.61. The fourth-order valence-corrected chi connectivity index (χ4v) is 3.40. The molecule has 0 fully saturated rings. The Hall–Kier alpha value is -2.53. The average molecular weight is 431 g/mol. The van der Waals surface area contributed by atoms with Crippen LogP contribution < -0.4 is 10.1 Å². The summed E-state index contributed by atoms with van der Waals surface area (Å²) in [6, 6.07) is 14.3. The smallest absolute Gasteiger partial charge is 0.242 e. The maximum Gasteiger partial charge on any atom is 0.242 e. The molecule has 0 saturated heterocycles. The summed E-state index contributed by atoms with van der Waals surface area (Å²) >= 11 is 5.96. The number of methoxy groups -OCH3 is 1. The summed E-state index contributed by atoms with van der Waals surface area (Å²) in [5.74, 6) is 0.508. The van der Waals surface area contributed by atoms with E-state index in [-0.39, 0.29) is 18.2 Å². The Morgan fingerprint density at radius 3 is 2.47 bits per heavy atom. The average Bonchev–Trinajstić information content (AvgIpc) is 2.75. The highest BCUT2D eigenvalue weighted by Crippen LogP contribution is 2.19. The highest BCUT2D eigenvalue weighted by Gasteiger charge is 2.28. The van der Waals surface area contributed by atoms with Gasteiger partial charge in [0.15, 0.2) is 0 Å². The number of nitrogens with one attached hydrogen (secondary N) is 1. The van der Waals surface area contributed by atoms with Crippen molar-refractivity contribution in [2.75, 3.05) is 13.7 Å². The minimum absolute atomic E-state index is 0.0994. The van der Waals surface area contributed by atoms with Crippen LogP contribution in [0.5, 0.6) is 5.75 Å². The number of carbonyl (C=O) groups is 2. The summed E-state index contributed by atoms with van der Waals surface area (Å²) in [5, 5.41) is 3.60. The van der Waals surface area contributed by atoms with Crippen molar-refractivity contribution < 1.29 is 14.3 Å². The van der Waals surface area contributed by atoms with Gasteiger partial charge in [0.05, 0.1) is 13.5 Å². The van der Waals surface area contributed by atoms with Crippen LogP contribution in [0.3, 0.4) is 0 Å². The van der Waals surface area contributed by atoms with Gasteiger partial charge in [0.2, 0.25) is 11.8 Å². The molecule has 0 aromatic heterocycles. The lowest BCUT2D eigenvalue weighted by atomic mass is 10.1. The normalized spacial score (nSPS) is 11.6. The number of hydrogen-bond acceptors (Lipinski definition) is 3. The molecule has 0 bridgehead atoms. The second-order valence-corrected chi connectivity index (χ2v) is 7.68. The zero-order valence-corrected chi connectivity index (χ0v) is 18.7. The Morgan fingerprint density at radius 1 is 1.10 bits per heavy atom. The third kappa shape index (κ3) is 7.06. The number of rotatable bonds is 11. The predicted molar refractivity (Wildman–Crippen MR) is 121 cm³/mol. The molecule has 30 heavy (non-hydrogen) atoms. The van der Waals surface area contributed by atoms with Gasteiger partial charge in [-0.2, -0.15) is 0 Å². The van der Waals surface area contributed by atoms with E-state index in [1.165, 1.54) is 0 Å². The van der Waals surface area contributed by atoms with E-state index in [2.05, 4.69) is 12.2 Å². The van der Waals surface area contributed by atoms with Gasteiger partial charge in [0.1, 0.15) is 11.8 Å².